The number of fused-ring (bicyclic) bond motifs is 1. The van der Waals surface area contributed by atoms with Gasteiger partial charge in [-0.25, -0.2) is 18.7 Å². The van der Waals surface area contributed by atoms with Crippen molar-refractivity contribution < 1.29 is 17.6 Å². The van der Waals surface area contributed by atoms with Crippen molar-refractivity contribution in [1.82, 2.24) is 9.97 Å². The van der Waals surface area contributed by atoms with E-state index in [1.165, 1.54) is 6.07 Å². The van der Waals surface area contributed by atoms with Crippen molar-refractivity contribution in [1.29, 1.82) is 0 Å². The Labute approximate surface area is 117 Å². The Morgan fingerprint density at radius 3 is 2.40 bits per heavy atom. The average molecular weight is 308 g/mol. The summed E-state index contributed by atoms with van der Waals surface area (Å²) in [5.74, 6) is -5.71. The number of anilines is 1. The zero-order valence-corrected chi connectivity index (χ0v) is 11.3. The standard InChI is InChI=1S/C12H10ClF4N3/c1-20(2)6-3-4-8-7(5-6)9(13)19-11(18-8)12(16,17)10(14)15/h3-5,10H,1-2H3. The minimum Gasteiger partial charge on any atom is -0.378 e. The van der Waals surface area contributed by atoms with Crippen LogP contribution >= 0.6 is 11.6 Å². The Kier molecular flexibility index (Phi) is 3.73. The molecular weight excluding hydrogens is 298 g/mol. The maximum absolute atomic E-state index is 13.3. The van der Waals surface area contributed by atoms with Crippen LogP contribution in [0.15, 0.2) is 18.2 Å². The third-order valence-corrected chi connectivity index (χ3v) is 3.01. The molecule has 0 bridgehead atoms. The van der Waals surface area contributed by atoms with Gasteiger partial charge in [-0.05, 0) is 18.2 Å². The first kappa shape index (κ1) is 14.8. The first-order valence-electron chi connectivity index (χ1n) is 5.54. The molecule has 0 saturated heterocycles. The molecule has 0 spiro atoms. The highest BCUT2D eigenvalue weighted by Gasteiger charge is 2.46. The lowest BCUT2D eigenvalue weighted by Crippen LogP contribution is -2.26. The molecule has 0 unspecified atom stereocenters. The van der Waals surface area contributed by atoms with Crippen LogP contribution in [-0.2, 0) is 5.92 Å². The molecule has 0 aliphatic rings. The largest absolute Gasteiger partial charge is 0.378 e. The summed E-state index contributed by atoms with van der Waals surface area (Å²) in [7, 11) is 3.57. The van der Waals surface area contributed by atoms with Crippen LogP contribution in [0.4, 0.5) is 23.2 Å². The predicted molar refractivity (Wildman–Crippen MR) is 68.8 cm³/mol. The Hall–Kier alpha value is -1.63. The summed E-state index contributed by atoms with van der Waals surface area (Å²) >= 11 is 5.80. The Morgan fingerprint density at radius 2 is 1.85 bits per heavy atom. The van der Waals surface area contributed by atoms with E-state index in [0.29, 0.717) is 5.39 Å². The summed E-state index contributed by atoms with van der Waals surface area (Å²) in [5, 5.41) is 0.0423. The van der Waals surface area contributed by atoms with E-state index >= 15 is 0 Å². The Balaban J connectivity index is 2.62. The number of alkyl halides is 4. The Morgan fingerprint density at radius 1 is 1.20 bits per heavy atom. The third-order valence-electron chi connectivity index (χ3n) is 2.72. The number of nitrogens with zero attached hydrogens (tertiary/aromatic N) is 3. The molecule has 3 nitrogen and oxygen atoms in total. The lowest BCUT2D eigenvalue weighted by molar-refractivity contribution is -0.140. The second-order valence-electron chi connectivity index (χ2n) is 4.36. The van der Waals surface area contributed by atoms with Gasteiger partial charge in [0.05, 0.1) is 5.52 Å². The second-order valence-corrected chi connectivity index (χ2v) is 4.72. The molecule has 2 aromatic rings. The number of benzene rings is 1. The molecule has 2 rings (SSSR count). The Bertz CT molecular complexity index is 646. The van der Waals surface area contributed by atoms with E-state index < -0.39 is 18.2 Å². The summed E-state index contributed by atoms with van der Waals surface area (Å²) in [4.78, 5) is 8.56. The van der Waals surface area contributed by atoms with E-state index in [-0.39, 0.29) is 10.7 Å². The van der Waals surface area contributed by atoms with E-state index in [0.717, 1.165) is 5.69 Å². The van der Waals surface area contributed by atoms with Gasteiger partial charge in [-0.15, -0.1) is 0 Å². The minimum absolute atomic E-state index is 0.0888. The van der Waals surface area contributed by atoms with Gasteiger partial charge in [0.15, 0.2) is 0 Å². The number of halogens is 5. The van der Waals surface area contributed by atoms with Crippen LogP contribution in [0.1, 0.15) is 5.82 Å². The number of aromatic nitrogens is 2. The highest BCUT2D eigenvalue weighted by molar-refractivity contribution is 6.34. The molecule has 1 aromatic heterocycles. The first-order valence-corrected chi connectivity index (χ1v) is 5.92. The molecule has 20 heavy (non-hydrogen) atoms. The summed E-state index contributed by atoms with van der Waals surface area (Å²) in [5.41, 5.74) is 0.849. The van der Waals surface area contributed by atoms with Crippen molar-refractivity contribution in [2.24, 2.45) is 0 Å². The smallest absolute Gasteiger partial charge is 0.365 e. The first-order chi connectivity index (χ1) is 9.23. The molecule has 8 heteroatoms. The fourth-order valence-corrected chi connectivity index (χ4v) is 1.84. The summed E-state index contributed by atoms with van der Waals surface area (Å²) in [6.45, 7) is 0. The average Bonchev–Trinajstić information content (AvgIpc) is 2.37. The summed E-state index contributed by atoms with van der Waals surface area (Å²) in [6.07, 6.45) is -3.89. The number of hydrogen-bond acceptors (Lipinski definition) is 3. The minimum atomic E-state index is -4.43. The summed E-state index contributed by atoms with van der Waals surface area (Å²) < 4.78 is 51.1. The molecule has 0 fully saturated rings. The van der Waals surface area contributed by atoms with Gasteiger partial charge >= 0.3 is 12.3 Å². The number of hydrogen-bond donors (Lipinski definition) is 0. The normalized spacial score (nSPS) is 12.2. The molecule has 0 aliphatic heterocycles. The van der Waals surface area contributed by atoms with E-state index in [9.17, 15) is 17.6 Å². The van der Waals surface area contributed by atoms with Gasteiger partial charge < -0.3 is 4.90 Å². The van der Waals surface area contributed by atoms with Crippen molar-refractivity contribution in [3.05, 3.63) is 29.2 Å². The lowest BCUT2D eigenvalue weighted by atomic mass is 10.2. The molecule has 0 amide bonds. The van der Waals surface area contributed by atoms with Gasteiger partial charge in [-0.1, -0.05) is 11.6 Å². The zero-order valence-electron chi connectivity index (χ0n) is 10.5. The van der Waals surface area contributed by atoms with Gasteiger partial charge in [0, 0.05) is 25.2 Å². The maximum Gasteiger partial charge on any atom is 0.365 e. The van der Waals surface area contributed by atoms with Crippen LogP contribution < -0.4 is 4.90 Å². The van der Waals surface area contributed by atoms with Gasteiger partial charge in [0.25, 0.3) is 0 Å². The fourth-order valence-electron chi connectivity index (χ4n) is 1.60. The van der Waals surface area contributed by atoms with Gasteiger partial charge in [0.1, 0.15) is 5.15 Å². The van der Waals surface area contributed by atoms with Crippen molar-refractivity contribution in [3.63, 3.8) is 0 Å². The fraction of sp³-hybridized carbons (Fsp3) is 0.333. The second kappa shape index (κ2) is 5.05. The maximum atomic E-state index is 13.3. The molecule has 0 radical (unpaired) electrons. The van der Waals surface area contributed by atoms with E-state index in [2.05, 4.69) is 9.97 Å². The lowest BCUT2D eigenvalue weighted by Gasteiger charge is -2.16. The van der Waals surface area contributed by atoms with Crippen LogP contribution in [-0.4, -0.2) is 30.5 Å². The van der Waals surface area contributed by atoms with Crippen LogP contribution in [0.25, 0.3) is 10.9 Å². The van der Waals surface area contributed by atoms with Crippen LogP contribution in [0.2, 0.25) is 5.15 Å². The van der Waals surface area contributed by atoms with Gasteiger partial charge in [-0.3, -0.25) is 0 Å². The molecule has 1 heterocycles. The monoisotopic (exact) mass is 307 g/mol. The summed E-state index contributed by atoms with van der Waals surface area (Å²) in [6, 6.07) is 4.65. The van der Waals surface area contributed by atoms with E-state index in [1.807, 2.05) is 0 Å². The highest BCUT2D eigenvalue weighted by atomic mass is 35.5. The quantitative estimate of drug-likeness (QED) is 0.639. The molecule has 0 atom stereocenters. The molecule has 0 aliphatic carbocycles. The third kappa shape index (κ3) is 2.49. The number of rotatable bonds is 3. The van der Waals surface area contributed by atoms with E-state index in [1.54, 1.807) is 31.1 Å². The topological polar surface area (TPSA) is 29.0 Å². The molecular formula is C12H10ClF4N3. The SMILES string of the molecule is CN(C)c1ccc2nc(C(F)(F)C(F)F)nc(Cl)c2c1. The van der Waals surface area contributed by atoms with Gasteiger partial charge in [-0.2, -0.15) is 8.78 Å². The van der Waals surface area contributed by atoms with Crippen molar-refractivity contribution in [3.8, 4) is 0 Å². The van der Waals surface area contributed by atoms with Crippen molar-refractivity contribution >= 4 is 28.2 Å². The van der Waals surface area contributed by atoms with Gasteiger partial charge in [0.2, 0.25) is 5.82 Å². The van der Waals surface area contributed by atoms with Crippen LogP contribution in [0.5, 0.6) is 0 Å². The highest BCUT2D eigenvalue weighted by Crippen LogP contribution is 2.35. The van der Waals surface area contributed by atoms with Crippen LogP contribution in [0, 0.1) is 0 Å². The van der Waals surface area contributed by atoms with Crippen LogP contribution in [0.3, 0.4) is 0 Å². The molecule has 0 N–H and O–H groups in total. The molecule has 0 saturated carbocycles. The molecule has 108 valence electrons. The zero-order chi connectivity index (χ0) is 15.1. The van der Waals surface area contributed by atoms with E-state index in [4.69, 9.17) is 11.6 Å². The van der Waals surface area contributed by atoms with Crippen molar-refractivity contribution in [2.75, 3.05) is 19.0 Å². The molecule has 1 aromatic carbocycles. The van der Waals surface area contributed by atoms with Crippen molar-refractivity contribution in [2.45, 2.75) is 12.3 Å². The predicted octanol–water partition coefficient (Wildman–Crippen LogP) is 3.71.